The average molecular weight is 862 g/mol. The summed E-state index contributed by atoms with van der Waals surface area (Å²) in [5.74, 6) is -0.412. The summed E-state index contributed by atoms with van der Waals surface area (Å²) in [5, 5.41) is 29.6. The Labute approximate surface area is 347 Å². The highest BCUT2D eigenvalue weighted by Gasteiger charge is 2.03. The van der Waals surface area contributed by atoms with Crippen molar-refractivity contribution in [1.29, 1.82) is 0 Å². The maximum absolute atomic E-state index is 11.5. The van der Waals surface area contributed by atoms with Crippen LogP contribution in [-0.4, -0.2) is 232 Å². The average Bonchev–Trinajstić information content (AvgIpc) is 3.21. The molecule has 0 radical (unpaired) electrons. The maximum atomic E-state index is 11.5. The van der Waals surface area contributed by atoms with E-state index in [1.54, 1.807) is 0 Å². The topological polar surface area (TPSA) is 280 Å². The molecule has 0 rings (SSSR count). The highest BCUT2D eigenvalue weighted by molar-refractivity contribution is 5.76. The van der Waals surface area contributed by atoms with Crippen LogP contribution in [0.5, 0.6) is 0 Å². The van der Waals surface area contributed by atoms with E-state index in [4.69, 9.17) is 67.1 Å². The number of hydrogen-bond donors (Lipinski definition) is 7. The van der Waals surface area contributed by atoms with Crippen molar-refractivity contribution in [2.45, 2.75) is 12.8 Å². The van der Waals surface area contributed by atoms with E-state index in [0.29, 0.717) is 158 Å². The number of amides is 4. The Kier molecular flexibility index (Phi) is 45.2. The zero-order chi connectivity index (χ0) is 43.0. The van der Waals surface area contributed by atoms with Crippen molar-refractivity contribution >= 4 is 24.0 Å². The molecule has 23 nitrogen and oxygen atoms in total. The molecule has 4 amide bonds. The first-order valence-corrected chi connectivity index (χ1v) is 20.0. The third-order valence-electron chi connectivity index (χ3n) is 6.96. The Hall–Kier alpha value is -3.04. The Morgan fingerprint density at radius 3 is 0.712 bits per heavy atom. The molecule has 0 aliphatic carbocycles. The normalized spacial score (nSPS) is 11.1. The fourth-order valence-corrected chi connectivity index (χ4v) is 4.07. The summed E-state index contributed by atoms with van der Waals surface area (Å²) >= 11 is 0. The van der Waals surface area contributed by atoms with E-state index in [0.717, 1.165) is 0 Å². The van der Waals surface area contributed by atoms with Crippen LogP contribution in [0.15, 0.2) is 0 Å². The summed E-state index contributed by atoms with van der Waals surface area (Å²) in [5.41, 5.74) is 0. The fraction of sp³-hybridized carbons (Fsp3) is 0.889. The minimum Gasteiger partial charge on any atom is -0.465 e. The predicted octanol–water partition coefficient (Wildman–Crippen LogP) is -1.68. The van der Waals surface area contributed by atoms with E-state index in [1.807, 2.05) is 0 Å². The number of carbonyl (C=O) groups excluding carboxylic acids is 2. The zero-order valence-electron chi connectivity index (χ0n) is 34.6. The van der Waals surface area contributed by atoms with Gasteiger partial charge in [0.25, 0.3) is 0 Å². The smallest absolute Gasteiger partial charge is 0.404 e. The molecule has 23 heteroatoms. The minimum atomic E-state index is -1.13. The van der Waals surface area contributed by atoms with E-state index in [9.17, 15) is 19.2 Å². The van der Waals surface area contributed by atoms with Crippen molar-refractivity contribution in [2.75, 3.05) is 198 Å². The van der Waals surface area contributed by atoms with E-state index in [2.05, 4.69) is 26.6 Å². The molecule has 0 spiro atoms. The van der Waals surface area contributed by atoms with Crippen molar-refractivity contribution in [3.63, 3.8) is 0 Å². The van der Waals surface area contributed by atoms with Gasteiger partial charge in [0.2, 0.25) is 11.8 Å². The molecule has 0 fully saturated rings. The molecular weight excluding hydrogens is 790 g/mol. The number of carbonyl (C=O) groups is 4. The minimum absolute atomic E-state index is 0.156. The molecule has 0 atom stereocenters. The molecule has 0 aromatic rings. The van der Waals surface area contributed by atoms with Gasteiger partial charge in [0.1, 0.15) is 0 Å². The van der Waals surface area contributed by atoms with Crippen LogP contribution in [0.2, 0.25) is 0 Å². The van der Waals surface area contributed by atoms with Crippen LogP contribution in [0.3, 0.4) is 0 Å². The first-order chi connectivity index (χ1) is 28.9. The molecule has 0 aromatic heterocycles. The highest BCUT2D eigenvalue weighted by atomic mass is 16.6. The monoisotopic (exact) mass is 861 g/mol. The molecule has 59 heavy (non-hydrogen) atoms. The van der Waals surface area contributed by atoms with Gasteiger partial charge in [-0.1, -0.05) is 0 Å². The van der Waals surface area contributed by atoms with Gasteiger partial charge in [0.05, 0.1) is 159 Å². The van der Waals surface area contributed by atoms with Crippen LogP contribution in [0, 0.1) is 0 Å². The first-order valence-electron chi connectivity index (χ1n) is 20.0. The summed E-state index contributed by atoms with van der Waals surface area (Å²) in [6, 6.07) is 0. The van der Waals surface area contributed by atoms with E-state index in [-0.39, 0.29) is 64.0 Å². The number of hydrogen-bond acceptors (Lipinski definition) is 17. The molecule has 0 heterocycles. The van der Waals surface area contributed by atoms with E-state index >= 15 is 0 Å². The van der Waals surface area contributed by atoms with Crippen LogP contribution in [-0.2, 0) is 66.4 Å². The lowest BCUT2D eigenvalue weighted by atomic mass is 10.4. The summed E-state index contributed by atoms with van der Waals surface area (Å²) in [7, 11) is 0. The summed E-state index contributed by atoms with van der Waals surface area (Å²) in [4.78, 5) is 43.7. The Balaban J connectivity index is 3.13. The van der Waals surface area contributed by atoms with Crippen LogP contribution in [0.4, 0.5) is 9.59 Å². The Bertz CT molecular complexity index is 890. The van der Waals surface area contributed by atoms with Crippen molar-refractivity contribution in [3.8, 4) is 0 Å². The van der Waals surface area contributed by atoms with Gasteiger partial charge in [-0.05, 0) is 0 Å². The lowest BCUT2D eigenvalue weighted by Gasteiger charge is -2.09. The first kappa shape index (κ1) is 56.0. The predicted molar refractivity (Wildman–Crippen MR) is 210 cm³/mol. The third-order valence-corrected chi connectivity index (χ3v) is 6.96. The lowest BCUT2D eigenvalue weighted by Crippen LogP contribution is -2.34. The fourth-order valence-electron chi connectivity index (χ4n) is 4.07. The highest BCUT2D eigenvalue weighted by Crippen LogP contribution is 1.89. The molecule has 0 bridgehead atoms. The van der Waals surface area contributed by atoms with Crippen molar-refractivity contribution in [3.05, 3.63) is 0 Å². The molecule has 7 N–H and O–H groups in total. The summed E-state index contributed by atoms with van der Waals surface area (Å²) < 4.78 is 65.3. The second-order valence-electron chi connectivity index (χ2n) is 11.8. The van der Waals surface area contributed by atoms with Gasteiger partial charge in [-0.25, -0.2) is 9.59 Å². The summed E-state index contributed by atoms with van der Waals surface area (Å²) in [6.07, 6.45) is -1.87. The van der Waals surface area contributed by atoms with Gasteiger partial charge < -0.3 is 93.6 Å². The van der Waals surface area contributed by atoms with Crippen LogP contribution < -0.4 is 26.6 Å². The van der Waals surface area contributed by atoms with Gasteiger partial charge >= 0.3 is 12.2 Å². The molecule has 0 unspecified atom stereocenters. The van der Waals surface area contributed by atoms with Crippen LogP contribution >= 0.6 is 0 Å². The van der Waals surface area contributed by atoms with E-state index < -0.39 is 12.2 Å². The van der Waals surface area contributed by atoms with Crippen LogP contribution in [0.25, 0.3) is 0 Å². The molecule has 0 saturated carbocycles. The standard InChI is InChI=1S/C36H71N5O18/c42-33(38-3-5-40-35(44)45)1-9-48-13-17-52-21-25-56-29-31-58-27-23-54-19-15-50-11-7-37-8-12-51-16-20-55-24-28-59-32-30-57-26-22-53-18-14-49-10-2-34(43)39-4-6-41-36(46)47/h37,40-41H,1-32H2,(H,38,42)(H,39,43)(H,44,45)(H,46,47). The van der Waals surface area contributed by atoms with Gasteiger partial charge in [-0.15, -0.1) is 0 Å². The zero-order valence-corrected chi connectivity index (χ0v) is 34.6. The lowest BCUT2D eigenvalue weighted by molar-refractivity contribution is -0.123. The second kappa shape index (κ2) is 47.6. The van der Waals surface area contributed by atoms with Gasteiger partial charge in [-0.2, -0.15) is 0 Å². The quantitative estimate of drug-likeness (QED) is 0.0337. The molecule has 0 aliphatic rings. The SMILES string of the molecule is O=C(O)NCCNC(=O)CCOCCOCCOCCOCCOCCOCCNCCOCCOCCOCCOCCOCCOCCC(=O)NCCNC(=O)O. The van der Waals surface area contributed by atoms with Crippen molar-refractivity contribution in [1.82, 2.24) is 26.6 Å². The second-order valence-corrected chi connectivity index (χ2v) is 11.8. The largest absolute Gasteiger partial charge is 0.465 e. The number of nitrogens with one attached hydrogen (secondary N) is 5. The Morgan fingerprint density at radius 1 is 0.271 bits per heavy atom. The molecule has 348 valence electrons. The van der Waals surface area contributed by atoms with Crippen molar-refractivity contribution in [2.24, 2.45) is 0 Å². The Morgan fingerprint density at radius 2 is 0.475 bits per heavy atom. The van der Waals surface area contributed by atoms with Gasteiger partial charge in [-0.3, -0.25) is 9.59 Å². The summed E-state index contributed by atoms with van der Waals surface area (Å²) in [6.45, 7) is 12.8. The van der Waals surface area contributed by atoms with Gasteiger partial charge in [0.15, 0.2) is 0 Å². The molecule has 0 aliphatic heterocycles. The molecule has 0 saturated heterocycles. The van der Waals surface area contributed by atoms with Crippen LogP contribution in [0.1, 0.15) is 12.8 Å². The van der Waals surface area contributed by atoms with Gasteiger partial charge in [0, 0.05) is 52.1 Å². The van der Waals surface area contributed by atoms with E-state index in [1.165, 1.54) is 0 Å². The molecular formula is C36H71N5O18. The number of ether oxygens (including phenoxy) is 12. The third kappa shape index (κ3) is 51.0. The number of rotatable bonds is 48. The van der Waals surface area contributed by atoms with Crippen molar-refractivity contribution < 1.29 is 86.2 Å². The molecule has 0 aromatic carbocycles. The number of carboxylic acid groups (broad SMARTS) is 2. The maximum Gasteiger partial charge on any atom is 0.404 e.